The maximum absolute atomic E-state index is 4.40. The Hall–Kier alpha value is -0.830. The Kier molecular flexibility index (Phi) is 3.64. The lowest BCUT2D eigenvalue weighted by molar-refractivity contribution is 0.365. The van der Waals surface area contributed by atoms with Crippen molar-refractivity contribution in [2.75, 3.05) is 13.1 Å². The van der Waals surface area contributed by atoms with Crippen molar-refractivity contribution in [2.45, 2.75) is 39.0 Å². The van der Waals surface area contributed by atoms with Gasteiger partial charge in [-0.2, -0.15) is 5.10 Å². The van der Waals surface area contributed by atoms with Gasteiger partial charge in [0.25, 0.3) is 0 Å². The van der Waals surface area contributed by atoms with Gasteiger partial charge in [-0.15, -0.1) is 0 Å². The Morgan fingerprint density at radius 1 is 1.44 bits per heavy atom. The minimum Gasteiger partial charge on any atom is -0.317 e. The van der Waals surface area contributed by atoms with E-state index in [9.17, 15) is 0 Å². The third kappa shape index (κ3) is 2.46. The molecule has 1 fully saturated rings. The van der Waals surface area contributed by atoms with Gasteiger partial charge in [-0.1, -0.05) is 13.8 Å². The molecule has 0 bridgehead atoms. The van der Waals surface area contributed by atoms with Gasteiger partial charge in [-0.05, 0) is 49.8 Å². The number of piperidine rings is 1. The molecule has 1 N–H and O–H groups in total. The van der Waals surface area contributed by atoms with Crippen LogP contribution in [0, 0.1) is 5.92 Å². The summed E-state index contributed by atoms with van der Waals surface area (Å²) in [5, 5.41) is 7.83. The topological polar surface area (TPSA) is 29.9 Å². The van der Waals surface area contributed by atoms with Crippen molar-refractivity contribution in [1.29, 1.82) is 0 Å². The zero-order valence-electron chi connectivity index (χ0n) is 10.7. The highest BCUT2D eigenvalue weighted by molar-refractivity contribution is 5.21. The summed E-state index contributed by atoms with van der Waals surface area (Å²) in [7, 11) is 2.07. The normalized spacial score (nSPS) is 18.2. The van der Waals surface area contributed by atoms with E-state index in [0.717, 1.165) is 5.92 Å². The molecule has 1 aromatic rings. The first-order valence-electron chi connectivity index (χ1n) is 6.40. The highest BCUT2D eigenvalue weighted by Crippen LogP contribution is 2.24. The van der Waals surface area contributed by atoms with Gasteiger partial charge >= 0.3 is 0 Å². The molecule has 16 heavy (non-hydrogen) atoms. The zero-order chi connectivity index (χ0) is 11.5. The van der Waals surface area contributed by atoms with E-state index in [1.165, 1.54) is 43.6 Å². The van der Waals surface area contributed by atoms with Crippen molar-refractivity contribution in [1.82, 2.24) is 15.1 Å². The lowest BCUT2D eigenvalue weighted by Crippen LogP contribution is -2.29. The molecule has 90 valence electrons. The summed E-state index contributed by atoms with van der Waals surface area (Å²) in [4.78, 5) is 0. The van der Waals surface area contributed by atoms with Gasteiger partial charge in [0, 0.05) is 12.7 Å². The summed E-state index contributed by atoms with van der Waals surface area (Å²) in [6, 6.07) is 0. The van der Waals surface area contributed by atoms with E-state index < -0.39 is 0 Å². The molecule has 1 saturated heterocycles. The van der Waals surface area contributed by atoms with Gasteiger partial charge in [0.1, 0.15) is 0 Å². The fourth-order valence-corrected chi connectivity index (χ4v) is 2.57. The average molecular weight is 221 g/mol. The minimum absolute atomic E-state index is 0.588. The van der Waals surface area contributed by atoms with Crippen molar-refractivity contribution in [3.05, 3.63) is 17.5 Å². The van der Waals surface area contributed by atoms with Crippen LogP contribution in [0.2, 0.25) is 0 Å². The van der Waals surface area contributed by atoms with Crippen molar-refractivity contribution in [3.63, 3.8) is 0 Å². The first kappa shape index (κ1) is 11.6. The summed E-state index contributed by atoms with van der Waals surface area (Å²) in [6.07, 6.45) is 5.86. The molecule has 0 radical (unpaired) electrons. The first-order chi connectivity index (χ1) is 7.68. The number of hydrogen-bond donors (Lipinski definition) is 1. The molecule has 0 unspecified atom stereocenters. The van der Waals surface area contributed by atoms with Gasteiger partial charge in [-0.3, -0.25) is 4.68 Å². The Morgan fingerprint density at radius 2 is 2.12 bits per heavy atom. The van der Waals surface area contributed by atoms with E-state index in [1.54, 1.807) is 0 Å². The van der Waals surface area contributed by atoms with Gasteiger partial charge in [0.15, 0.2) is 0 Å². The lowest BCUT2D eigenvalue weighted by atomic mass is 9.90. The molecule has 0 amide bonds. The molecule has 2 heterocycles. The van der Waals surface area contributed by atoms with E-state index in [4.69, 9.17) is 0 Å². The van der Waals surface area contributed by atoms with E-state index in [-0.39, 0.29) is 0 Å². The molecule has 3 heteroatoms. The smallest absolute Gasteiger partial charge is 0.0527 e. The van der Waals surface area contributed by atoms with Crippen molar-refractivity contribution >= 4 is 0 Å². The fourth-order valence-electron chi connectivity index (χ4n) is 2.57. The predicted molar refractivity (Wildman–Crippen MR) is 66.6 cm³/mol. The highest BCUT2D eigenvalue weighted by Gasteiger charge is 2.18. The Morgan fingerprint density at radius 3 is 2.75 bits per heavy atom. The maximum Gasteiger partial charge on any atom is 0.0527 e. The monoisotopic (exact) mass is 221 g/mol. The number of aryl methyl sites for hydroxylation is 1. The first-order valence-corrected chi connectivity index (χ1v) is 6.40. The maximum atomic E-state index is 4.40. The number of hydrogen-bond acceptors (Lipinski definition) is 2. The number of rotatable bonds is 3. The Labute approximate surface area is 98.2 Å². The number of nitrogens with zero attached hydrogens (tertiary/aromatic N) is 2. The Bertz CT molecular complexity index is 335. The second-order valence-corrected chi connectivity index (χ2v) is 5.22. The standard InChI is InChI=1S/C13H23N3/c1-10(2)12-9-15-16(3)13(12)8-11-4-6-14-7-5-11/h9-11,14H,4-8H2,1-3H3. The molecule has 0 atom stereocenters. The van der Waals surface area contributed by atoms with Gasteiger partial charge < -0.3 is 5.32 Å². The molecule has 0 saturated carbocycles. The molecule has 3 nitrogen and oxygen atoms in total. The molecule has 1 aliphatic heterocycles. The molecular formula is C13H23N3. The van der Waals surface area contributed by atoms with Crippen LogP contribution in [0.15, 0.2) is 6.20 Å². The fraction of sp³-hybridized carbons (Fsp3) is 0.769. The summed E-state index contributed by atoms with van der Waals surface area (Å²) in [6.45, 7) is 6.87. The SMILES string of the molecule is CC(C)c1cnn(C)c1CC1CCNCC1. The van der Waals surface area contributed by atoms with E-state index in [1.807, 2.05) is 6.20 Å². The summed E-state index contributed by atoms with van der Waals surface area (Å²) in [5.74, 6) is 1.43. The summed E-state index contributed by atoms with van der Waals surface area (Å²) in [5.41, 5.74) is 2.88. The second-order valence-electron chi connectivity index (χ2n) is 5.22. The highest BCUT2D eigenvalue weighted by atomic mass is 15.3. The number of nitrogens with one attached hydrogen (secondary N) is 1. The molecule has 0 aromatic carbocycles. The Balaban J connectivity index is 2.09. The van der Waals surface area contributed by atoms with Crippen LogP contribution in [0.1, 0.15) is 43.9 Å². The molecule has 0 spiro atoms. The summed E-state index contributed by atoms with van der Waals surface area (Å²) >= 11 is 0. The van der Waals surface area contributed by atoms with Crippen LogP contribution in [0.25, 0.3) is 0 Å². The van der Waals surface area contributed by atoms with E-state index >= 15 is 0 Å². The van der Waals surface area contributed by atoms with Crippen LogP contribution in [-0.4, -0.2) is 22.9 Å². The van der Waals surface area contributed by atoms with Crippen molar-refractivity contribution in [2.24, 2.45) is 13.0 Å². The average Bonchev–Trinajstić information content (AvgIpc) is 2.62. The molecule has 2 rings (SSSR count). The van der Waals surface area contributed by atoms with Crippen LogP contribution in [0.5, 0.6) is 0 Å². The largest absolute Gasteiger partial charge is 0.317 e. The third-order valence-corrected chi connectivity index (χ3v) is 3.66. The van der Waals surface area contributed by atoms with Gasteiger partial charge in [0.2, 0.25) is 0 Å². The van der Waals surface area contributed by atoms with Crippen molar-refractivity contribution in [3.8, 4) is 0 Å². The second kappa shape index (κ2) is 5.00. The van der Waals surface area contributed by atoms with Gasteiger partial charge in [0.05, 0.1) is 6.20 Å². The van der Waals surface area contributed by atoms with Crippen LogP contribution in [-0.2, 0) is 13.5 Å². The molecule has 1 aromatic heterocycles. The van der Waals surface area contributed by atoms with E-state index in [0.29, 0.717) is 5.92 Å². The van der Waals surface area contributed by atoms with E-state index in [2.05, 4.69) is 36.0 Å². The quantitative estimate of drug-likeness (QED) is 0.847. The molecular weight excluding hydrogens is 198 g/mol. The zero-order valence-corrected chi connectivity index (χ0v) is 10.7. The predicted octanol–water partition coefficient (Wildman–Crippen LogP) is 2.09. The summed E-state index contributed by atoms with van der Waals surface area (Å²) < 4.78 is 2.07. The van der Waals surface area contributed by atoms with Crippen LogP contribution >= 0.6 is 0 Å². The van der Waals surface area contributed by atoms with Crippen LogP contribution in [0.4, 0.5) is 0 Å². The van der Waals surface area contributed by atoms with Crippen molar-refractivity contribution < 1.29 is 0 Å². The lowest BCUT2D eigenvalue weighted by Gasteiger charge is -2.23. The van der Waals surface area contributed by atoms with Crippen LogP contribution in [0.3, 0.4) is 0 Å². The third-order valence-electron chi connectivity index (χ3n) is 3.66. The van der Waals surface area contributed by atoms with Crippen LogP contribution < -0.4 is 5.32 Å². The van der Waals surface area contributed by atoms with Gasteiger partial charge in [-0.25, -0.2) is 0 Å². The minimum atomic E-state index is 0.588. The number of aromatic nitrogens is 2. The molecule has 0 aliphatic carbocycles. The molecule has 1 aliphatic rings.